The monoisotopic (exact) mass is 386 g/mol. The minimum Gasteiger partial charge on any atom is -0.207 e. The van der Waals surface area contributed by atoms with E-state index in [9.17, 15) is 8.78 Å². The molecule has 0 aliphatic heterocycles. The van der Waals surface area contributed by atoms with Gasteiger partial charge in [0.15, 0.2) is 0 Å². The highest BCUT2D eigenvalue weighted by Crippen LogP contribution is 2.47. The molecule has 2 saturated carbocycles. The predicted molar refractivity (Wildman–Crippen MR) is 110 cm³/mol. The minimum absolute atomic E-state index is 0.0791. The van der Waals surface area contributed by atoms with Crippen LogP contribution in [-0.4, -0.2) is 5.25 Å². The van der Waals surface area contributed by atoms with Crippen molar-refractivity contribution in [2.45, 2.75) is 80.8 Å². The van der Waals surface area contributed by atoms with Gasteiger partial charge in [-0.1, -0.05) is 32.9 Å². The van der Waals surface area contributed by atoms with Crippen molar-refractivity contribution in [2.24, 2.45) is 0 Å². The zero-order valence-electron chi connectivity index (χ0n) is 16.4. The Morgan fingerprint density at radius 2 is 1.63 bits per heavy atom. The molecule has 2 aromatic rings. The minimum atomic E-state index is -0.104. The molecule has 0 spiro atoms. The first-order valence-corrected chi connectivity index (χ1v) is 11.1. The van der Waals surface area contributed by atoms with Gasteiger partial charge < -0.3 is 0 Å². The lowest BCUT2D eigenvalue weighted by Gasteiger charge is -2.22. The van der Waals surface area contributed by atoms with E-state index in [1.165, 1.54) is 24.0 Å². The quantitative estimate of drug-likeness (QED) is 0.473. The number of thioether (sulfide) groups is 1. The highest BCUT2D eigenvalue weighted by molar-refractivity contribution is 8.00. The van der Waals surface area contributed by atoms with Crippen molar-refractivity contribution >= 4 is 11.8 Å². The number of hydrogen-bond acceptors (Lipinski definition) is 1. The van der Waals surface area contributed by atoms with Gasteiger partial charge >= 0.3 is 0 Å². The summed E-state index contributed by atoms with van der Waals surface area (Å²) in [5.74, 6) is 0.549. The van der Waals surface area contributed by atoms with Crippen LogP contribution in [0.5, 0.6) is 0 Å². The SMILES string of the molecule is CC(C)c1c(F)ccc(CC(C)c2c(F)cccc2SC2CC2)c1C1CC1. The van der Waals surface area contributed by atoms with E-state index in [4.69, 9.17) is 0 Å². The molecule has 144 valence electrons. The molecular formula is C24H28F2S. The molecule has 0 heterocycles. The summed E-state index contributed by atoms with van der Waals surface area (Å²) in [6.45, 7) is 6.25. The molecule has 4 rings (SSSR count). The van der Waals surface area contributed by atoms with Crippen molar-refractivity contribution in [3.8, 4) is 0 Å². The molecule has 0 saturated heterocycles. The maximum atomic E-state index is 14.7. The van der Waals surface area contributed by atoms with Crippen LogP contribution in [0.3, 0.4) is 0 Å². The third-order valence-electron chi connectivity index (χ3n) is 5.74. The van der Waals surface area contributed by atoms with E-state index in [-0.39, 0.29) is 23.5 Å². The molecule has 2 fully saturated rings. The number of halogens is 2. The Balaban J connectivity index is 1.68. The van der Waals surface area contributed by atoms with Crippen LogP contribution in [0.2, 0.25) is 0 Å². The first-order valence-electron chi connectivity index (χ1n) is 10.2. The van der Waals surface area contributed by atoms with Crippen LogP contribution in [-0.2, 0) is 6.42 Å². The lowest BCUT2D eigenvalue weighted by Crippen LogP contribution is -2.09. The smallest absolute Gasteiger partial charge is 0.127 e. The molecule has 0 amide bonds. The van der Waals surface area contributed by atoms with Gasteiger partial charge in [0, 0.05) is 15.7 Å². The van der Waals surface area contributed by atoms with Crippen molar-refractivity contribution in [3.05, 3.63) is 64.2 Å². The lowest BCUT2D eigenvalue weighted by molar-refractivity contribution is 0.573. The molecule has 27 heavy (non-hydrogen) atoms. The molecule has 2 aliphatic rings. The molecule has 0 nitrogen and oxygen atoms in total. The van der Waals surface area contributed by atoms with Crippen molar-refractivity contribution in [1.29, 1.82) is 0 Å². The molecule has 0 aromatic heterocycles. The summed E-state index contributed by atoms with van der Waals surface area (Å²) in [5, 5.41) is 0.651. The fraction of sp³-hybridized carbons (Fsp3) is 0.500. The van der Waals surface area contributed by atoms with Gasteiger partial charge in [0.05, 0.1) is 0 Å². The second kappa shape index (κ2) is 7.58. The summed E-state index contributed by atoms with van der Waals surface area (Å²) in [5.41, 5.74) is 4.14. The third kappa shape index (κ3) is 4.08. The molecule has 2 aromatic carbocycles. The average molecular weight is 387 g/mol. The van der Waals surface area contributed by atoms with Crippen LogP contribution >= 0.6 is 11.8 Å². The Kier molecular flexibility index (Phi) is 5.33. The molecule has 0 bridgehead atoms. The largest absolute Gasteiger partial charge is 0.207 e. The second-order valence-electron chi connectivity index (χ2n) is 8.54. The van der Waals surface area contributed by atoms with Crippen LogP contribution < -0.4 is 0 Å². The summed E-state index contributed by atoms with van der Waals surface area (Å²) in [6, 6.07) is 9.02. The second-order valence-corrected chi connectivity index (χ2v) is 9.88. The lowest BCUT2D eigenvalue weighted by atomic mass is 9.85. The average Bonchev–Trinajstić information content (AvgIpc) is 3.50. The standard InChI is InChI=1S/C24H28F2S/c1-14(2)22-20(26)12-9-17(24(22)16-7-8-16)13-15(3)23-19(25)5-4-6-21(23)27-18-10-11-18/h4-6,9,12,14-16,18H,7-8,10-11,13H2,1-3H3. The van der Waals surface area contributed by atoms with E-state index in [0.29, 0.717) is 11.2 Å². The highest BCUT2D eigenvalue weighted by atomic mass is 32.2. The van der Waals surface area contributed by atoms with Gasteiger partial charge in [-0.3, -0.25) is 0 Å². The normalized spacial score (nSPS) is 18.1. The molecular weight excluding hydrogens is 358 g/mol. The van der Waals surface area contributed by atoms with Gasteiger partial charge in [-0.05, 0) is 84.7 Å². The zero-order valence-corrected chi connectivity index (χ0v) is 17.2. The summed E-state index contributed by atoms with van der Waals surface area (Å²) in [4.78, 5) is 1.09. The molecule has 1 unspecified atom stereocenters. The Morgan fingerprint density at radius 3 is 2.26 bits per heavy atom. The van der Waals surface area contributed by atoms with E-state index >= 15 is 0 Å². The van der Waals surface area contributed by atoms with Gasteiger partial charge in [-0.2, -0.15) is 0 Å². The molecule has 0 radical (unpaired) electrons. The molecule has 0 N–H and O–H groups in total. The summed E-state index contributed by atoms with van der Waals surface area (Å²) in [7, 11) is 0. The van der Waals surface area contributed by atoms with Crippen molar-refractivity contribution in [1.82, 2.24) is 0 Å². The van der Waals surface area contributed by atoms with Crippen molar-refractivity contribution < 1.29 is 8.78 Å². The first-order chi connectivity index (χ1) is 13.0. The Bertz CT molecular complexity index is 835. The van der Waals surface area contributed by atoms with E-state index in [2.05, 4.69) is 26.8 Å². The van der Waals surface area contributed by atoms with Crippen molar-refractivity contribution in [2.75, 3.05) is 0 Å². The van der Waals surface area contributed by atoms with Crippen LogP contribution in [0.1, 0.15) is 86.5 Å². The topological polar surface area (TPSA) is 0 Å². The maximum Gasteiger partial charge on any atom is 0.127 e. The number of rotatable bonds is 7. The zero-order chi connectivity index (χ0) is 19.1. The molecule has 2 aliphatic carbocycles. The maximum absolute atomic E-state index is 14.7. The van der Waals surface area contributed by atoms with E-state index in [1.54, 1.807) is 12.1 Å². The molecule has 1 atom stereocenters. The van der Waals surface area contributed by atoms with Gasteiger partial charge in [-0.25, -0.2) is 8.78 Å². The van der Waals surface area contributed by atoms with Crippen LogP contribution in [0.15, 0.2) is 35.2 Å². The predicted octanol–water partition coefficient (Wildman–Crippen LogP) is 7.57. The Hall–Kier alpha value is -1.35. The first kappa shape index (κ1) is 19.0. The Morgan fingerprint density at radius 1 is 0.926 bits per heavy atom. The van der Waals surface area contributed by atoms with E-state index < -0.39 is 0 Å². The number of benzene rings is 2. The third-order valence-corrected chi connectivity index (χ3v) is 7.15. The van der Waals surface area contributed by atoms with Gasteiger partial charge in [0.25, 0.3) is 0 Å². The van der Waals surface area contributed by atoms with E-state index in [0.717, 1.165) is 35.3 Å². The molecule has 3 heteroatoms. The highest BCUT2D eigenvalue weighted by Gasteiger charge is 2.32. The summed E-state index contributed by atoms with van der Waals surface area (Å²) < 4.78 is 29.3. The van der Waals surface area contributed by atoms with Crippen molar-refractivity contribution in [3.63, 3.8) is 0 Å². The van der Waals surface area contributed by atoms with Gasteiger partial charge in [0.2, 0.25) is 0 Å². The van der Waals surface area contributed by atoms with Crippen LogP contribution in [0.4, 0.5) is 8.78 Å². The summed E-state index contributed by atoms with van der Waals surface area (Å²) in [6.07, 6.45) is 5.53. The fourth-order valence-electron chi connectivity index (χ4n) is 4.17. The number of hydrogen-bond donors (Lipinski definition) is 0. The fourth-order valence-corrected chi connectivity index (χ4v) is 5.48. The van der Waals surface area contributed by atoms with E-state index in [1.807, 2.05) is 23.9 Å². The Labute approximate surface area is 165 Å². The van der Waals surface area contributed by atoms with Crippen LogP contribution in [0, 0.1) is 11.6 Å². The van der Waals surface area contributed by atoms with Gasteiger partial charge in [0.1, 0.15) is 11.6 Å². The van der Waals surface area contributed by atoms with Crippen LogP contribution in [0.25, 0.3) is 0 Å². The van der Waals surface area contributed by atoms with Gasteiger partial charge in [-0.15, -0.1) is 11.8 Å². The summed E-state index contributed by atoms with van der Waals surface area (Å²) >= 11 is 1.82.